The first-order chi connectivity index (χ1) is 20.1. The summed E-state index contributed by atoms with van der Waals surface area (Å²) in [5, 5.41) is 12.1. The summed E-state index contributed by atoms with van der Waals surface area (Å²) < 4.78 is 19.2. The van der Waals surface area contributed by atoms with E-state index < -0.39 is 19.3 Å². The van der Waals surface area contributed by atoms with E-state index in [9.17, 15) is 4.79 Å². The molecular weight excluding hydrogens is 558 g/mol. The standard InChI is InChI=1S/C33H49N5O4Si/c1-31(2)13-11-24(12-14-31)28-27(37-30(39)29-35-15-16-38(29)23-40-17-18-43(6,7)8)10-9-26(36-28)25-19-32(3,4)42-33(5,20-25)21-41-22-34/h9-11,15-16,25H,12-14,17-21,23H2,1-8H3,(H,37,39). The van der Waals surface area contributed by atoms with Gasteiger partial charge in [0.2, 0.25) is 5.82 Å². The molecule has 1 amide bonds. The summed E-state index contributed by atoms with van der Waals surface area (Å²) in [6, 6.07) is 5.04. The molecule has 1 aliphatic heterocycles. The highest BCUT2D eigenvalue weighted by molar-refractivity contribution is 6.76. The fraction of sp³-hybridized carbons (Fsp3) is 0.636. The molecule has 0 radical (unpaired) electrons. The summed E-state index contributed by atoms with van der Waals surface area (Å²) in [6.45, 7) is 18.8. The van der Waals surface area contributed by atoms with Crippen LogP contribution in [-0.2, 0) is 20.9 Å². The third-order valence-corrected chi connectivity index (χ3v) is 10.1. The first kappa shape index (κ1) is 32.9. The Morgan fingerprint density at radius 3 is 2.65 bits per heavy atom. The summed E-state index contributed by atoms with van der Waals surface area (Å²) in [4.78, 5) is 23.1. The van der Waals surface area contributed by atoms with Crippen LogP contribution in [0.5, 0.6) is 0 Å². The third-order valence-electron chi connectivity index (χ3n) is 8.39. The molecule has 3 heterocycles. The van der Waals surface area contributed by atoms with Gasteiger partial charge in [-0.15, -0.1) is 0 Å². The Bertz CT molecular complexity index is 1370. The monoisotopic (exact) mass is 607 g/mol. The lowest BCUT2D eigenvalue weighted by molar-refractivity contribution is -0.187. The van der Waals surface area contributed by atoms with Crippen molar-refractivity contribution >= 4 is 25.2 Å². The second-order valence-electron chi connectivity index (χ2n) is 15.0. The van der Waals surface area contributed by atoms with E-state index in [1.807, 2.05) is 19.1 Å². The van der Waals surface area contributed by atoms with Crippen LogP contribution in [0.2, 0.25) is 25.7 Å². The minimum atomic E-state index is -1.20. The molecule has 1 saturated heterocycles. The van der Waals surface area contributed by atoms with Crippen molar-refractivity contribution in [3.8, 4) is 6.26 Å². The molecule has 0 spiro atoms. The van der Waals surface area contributed by atoms with Crippen LogP contribution in [0.3, 0.4) is 0 Å². The van der Waals surface area contributed by atoms with Gasteiger partial charge < -0.3 is 24.1 Å². The van der Waals surface area contributed by atoms with Gasteiger partial charge in [0.15, 0.2) is 0 Å². The van der Waals surface area contributed by atoms with Crippen molar-refractivity contribution in [3.63, 3.8) is 0 Å². The molecule has 234 valence electrons. The van der Waals surface area contributed by atoms with Crippen LogP contribution in [0, 0.1) is 16.9 Å². The summed E-state index contributed by atoms with van der Waals surface area (Å²) in [5.74, 6) is 0.119. The van der Waals surface area contributed by atoms with Gasteiger partial charge in [-0.25, -0.2) is 4.98 Å². The van der Waals surface area contributed by atoms with Crippen LogP contribution in [0.15, 0.2) is 30.6 Å². The lowest BCUT2D eigenvalue weighted by Crippen LogP contribution is -2.49. The molecule has 2 aromatic rings. The summed E-state index contributed by atoms with van der Waals surface area (Å²) in [5.41, 5.74) is 2.80. The number of allylic oxidation sites excluding steroid dienone is 2. The number of carbonyl (C=O) groups excluding carboxylic acids is 1. The second-order valence-corrected chi connectivity index (χ2v) is 20.7. The average molecular weight is 608 g/mol. The van der Waals surface area contributed by atoms with Crippen molar-refractivity contribution in [2.24, 2.45) is 5.41 Å². The highest BCUT2D eigenvalue weighted by Gasteiger charge is 2.44. The molecule has 2 unspecified atom stereocenters. The number of nitrogens with zero attached hydrogens (tertiary/aromatic N) is 4. The number of rotatable bonds is 11. The average Bonchev–Trinajstić information content (AvgIpc) is 3.37. The van der Waals surface area contributed by atoms with Crippen LogP contribution in [0.4, 0.5) is 5.69 Å². The summed E-state index contributed by atoms with van der Waals surface area (Å²) in [7, 11) is -1.20. The lowest BCUT2D eigenvalue weighted by Gasteiger charge is -2.46. The number of ether oxygens (including phenoxy) is 3. The zero-order chi connectivity index (χ0) is 31.5. The van der Waals surface area contributed by atoms with E-state index >= 15 is 0 Å². The van der Waals surface area contributed by atoms with Gasteiger partial charge in [-0.3, -0.25) is 9.78 Å². The Kier molecular flexibility index (Phi) is 9.89. The first-order valence-electron chi connectivity index (χ1n) is 15.4. The predicted molar refractivity (Wildman–Crippen MR) is 171 cm³/mol. The molecule has 0 bridgehead atoms. The Morgan fingerprint density at radius 2 is 1.98 bits per heavy atom. The third kappa shape index (κ3) is 9.00. The molecule has 43 heavy (non-hydrogen) atoms. The Morgan fingerprint density at radius 1 is 1.21 bits per heavy atom. The molecule has 1 N–H and O–H groups in total. The van der Waals surface area contributed by atoms with Crippen molar-refractivity contribution in [1.29, 1.82) is 5.26 Å². The Hall–Kier alpha value is -3.00. The SMILES string of the molecule is CC1(C)CC=C(c2nc(C3CC(C)(C)OC(C)(COC#N)C3)ccc2NC(=O)c2nccn2COCC[Si](C)(C)C)CC1. The van der Waals surface area contributed by atoms with Crippen molar-refractivity contribution in [2.45, 2.75) is 116 Å². The van der Waals surface area contributed by atoms with Gasteiger partial charge in [-0.1, -0.05) is 39.6 Å². The minimum Gasteiger partial charge on any atom is -0.424 e. The van der Waals surface area contributed by atoms with Gasteiger partial charge in [0.25, 0.3) is 12.2 Å². The highest BCUT2D eigenvalue weighted by Crippen LogP contribution is 2.45. The number of nitriles is 1. The summed E-state index contributed by atoms with van der Waals surface area (Å²) in [6.07, 6.45) is 11.8. The summed E-state index contributed by atoms with van der Waals surface area (Å²) >= 11 is 0. The fourth-order valence-electron chi connectivity index (χ4n) is 6.10. The van der Waals surface area contributed by atoms with E-state index in [1.165, 1.54) is 0 Å². The van der Waals surface area contributed by atoms with Crippen LogP contribution >= 0.6 is 0 Å². The minimum absolute atomic E-state index is 0.104. The number of hydrogen-bond acceptors (Lipinski definition) is 7. The van der Waals surface area contributed by atoms with E-state index in [2.05, 4.69) is 63.7 Å². The normalized spacial score (nSPS) is 23.2. The number of imidazole rings is 1. The van der Waals surface area contributed by atoms with Crippen LogP contribution in [-0.4, -0.2) is 52.9 Å². The predicted octanol–water partition coefficient (Wildman–Crippen LogP) is 7.37. The molecule has 1 aliphatic carbocycles. The van der Waals surface area contributed by atoms with Crippen molar-refractivity contribution in [1.82, 2.24) is 14.5 Å². The van der Waals surface area contributed by atoms with Crippen molar-refractivity contribution in [2.75, 3.05) is 18.5 Å². The van der Waals surface area contributed by atoms with Gasteiger partial charge in [0.05, 0.1) is 17.0 Å². The van der Waals surface area contributed by atoms with Crippen molar-refractivity contribution < 1.29 is 19.0 Å². The molecule has 9 nitrogen and oxygen atoms in total. The molecule has 2 aliphatic rings. The van der Waals surface area contributed by atoms with Gasteiger partial charge in [-0.05, 0) is 82.0 Å². The number of amides is 1. The lowest BCUT2D eigenvalue weighted by atomic mass is 9.77. The highest BCUT2D eigenvalue weighted by atomic mass is 28.3. The molecule has 0 saturated carbocycles. The quantitative estimate of drug-likeness (QED) is 0.161. The van der Waals surface area contributed by atoms with Crippen LogP contribution < -0.4 is 5.32 Å². The Balaban J connectivity index is 1.60. The number of hydrogen-bond donors (Lipinski definition) is 1. The topological polar surface area (TPSA) is 111 Å². The smallest absolute Gasteiger partial charge is 0.291 e. The van der Waals surface area contributed by atoms with Gasteiger partial charge in [0.1, 0.15) is 18.9 Å². The van der Waals surface area contributed by atoms with Gasteiger partial charge in [0, 0.05) is 38.7 Å². The van der Waals surface area contributed by atoms with E-state index in [-0.39, 0.29) is 30.6 Å². The van der Waals surface area contributed by atoms with Gasteiger partial charge in [-0.2, -0.15) is 5.26 Å². The maximum absolute atomic E-state index is 13.5. The fourth-order valence-corrected chi connectivity index (χ4v) is 6.86. The molecule has 0 aromatic carbocycles. The molecule has 1 fully saturated rings. The largest absolute Gasteiger partial charge is 0.424 e. The van der Waals surface area contributed by atoms with Crippen LogP contribution in [0.25, 0.3) is 5.57 Å². The van der Waals surface area contributed by atoms with E-state index in [0.717, 1.165) is 48.7 Å². The maximum Gasteiger partial charge on any atom is 0.291 e. The zero-order valence-corrected chi connectivity index (χ0v) is 28.2. The van der Waals surface area contributed by atoms with Gasteiger partial charge >= 0.3 is 0 Å². The number of aromatic nitrogens is 3. The van der Waals surface area contributed by atoms with E-state index in [4.69, 9.17) is 24.5 Å². The maximum atomic E-state index is 13.5. The zero-order valence-electron chi connectivity index (χ0n) is 27.2. The van der Waals surface area contributed by atoms with Crippen LogP contribution in [0.1, 0.15) is 94.6 Å². The molecule has 2 atom stereocenters. The first-order valence-corrected chi connectivity index (χ1v) is 19.1. The molecule has 10 heteroatoms. The number of carbonyl (C=O) groups is 1. The number of pyridine rings is 1. The molecule has 2 aromatic heterocycles. The van der Waals surface area contributed by atoms with Crippen molar-refractivity contribution in [3.05, 3.63) is 47.8 Å². The molecular formula is C33H49N5O4Si. The van der Waals surface area contributed by atoms with E-state index in [1.54, 1.807) is 23.2 Å². The number of nitrogens with one attached hydrogen (secondary N) is 1. The number of anilines is 1. The Labute approximate surface area is 258 Å². The van der Waals surface area contributed by atoms with E-state index in [0.29, 0.717) is 24.5 Å². The molecule has 4 rings (SSSR count). The second kappa shape index (κ2) is 12.9.